The maximum atomic E-state index is 11.3. The van der Waals surface area contributed by atoms with Crippen LogP contribution in [0.2, 0.25) is 0 Å². The molecule has 0 atom stereocenters. The zero-order chi connectivity index (χ0) is 14.5. The lowest BCUT2D eigenvalue weighted by molar-refractivity contribution is 0.0600. The van der Waals surface area contributed by atoms with Gasteiger partial charge in [-0.05, 0) is 31.5 Å². The third kappa shape index (κ3) is 3.38. The molecule has 106 valence electrons. The van der Waals surface area contributed by atoms with E-state index in [1.165, 1.54) is 7.11 Å². The Morgan fingerprint density at radius 3 is 2.55 bits per heavy atom. The molecule has 20 heavy (non-hydrogen) atoms. The van der Waals surface area contributed by atoms with Crippen LogP contribution >= 0.6 is 0 Å². The second kappa shape index (κ2) is 6.23. The number of benzene rings is 1. The minimum atomic E-state index is -0.337. The maximum Gasteiger partial charge on any atom is 0.337 e. The number of rotatable bonds is 5. The van der Waals surface area contributed by atoms with Crippen molar-refractivity contribution in [2.24, 2.45) is 0 Å². The van der Waals surface area contributed by atoms with E-state index in [9.17, 15) is 4.79 Å². The molecule has 5 nitrogen and oxygen atoms in total. The summed E-state index contributed by atoms with van der Waals surface area (Å²) in [6, 6.07) is 7.45. The summed E-state index contributed by atoms with van der Waals surface area (Å²) in [5.74, 6) is 0.395. The van der Waals surface area contributed by atoms with Crippen LogP contribution in [-0.2, 0) is 11.3 Å². The zero-order valence-electron chi connectivity index (χ0n) is 11.9. The van der Waals surface area contributed by atoms with Crippen LogP contribution in [-0.4, -0.2) is 22.9 Å². The monoisotopic (exact) mass is 274 g/mol. The number of esters is 1. The highest BCUT2D eigenvalue weighted by Gasteiger charge is 2.06. The minimum absolute atomic E-state index is 0.312. The molecule has 0 radical (unpaired) electrons. The molecule has 0 fully saturated rings. The van der Waals surface area contributed by atoms with Crippen molar-refractivity contribution >= 4 is 5.97 Å². The molecule has 0 bridgehead atoms. The molecule has 0 aliphatic carbocycles. The van der Waals surface area contributed by atoms with Crippen molar-refractivity contribution in [3.63, 3.8) is 0 Å². The highest BCUT2D eigenvalue weighted by molar-refractivity contribution is 5.89. The molecule has 0 aliphatic heterocycles. The Hall–Kier alpha value is -2.30. The smallest absolute Gasteiger partial charge is 0.337 e. The van der Waals surface area contributed by atoms with Gasteiger partial charge in [0.1, 0.15) is 6.61 Å². The average Bonchev–Trinajstić information content (AvgIpc) is 2.94. The molecule has 1 aromatic heterocycles. The number of carbonyl (C=O) groups excluding carboxylic acids is 1. The maximum absolute atomic E-state index is 11.3. The zero-order valence-corrected chi connectivity index (χ0v) is 11.9. The number of aromatic nitrogens is 2. The van der Waals surface area contributed by atoms with Gasteiger partial charge in [0.15, 0.2) is 5.75 Å². The van der Waals surface area contributed by atoms with Crippen LogP contribution in [0.15, 0.2) is 36.7 Å². The summed E-state index contributed by atoms with van der Waals surface area (Å²) >= 11 is 0. The molecule has 5 heteroatoms. The fourth-order valence-electron chi connectivity index (χ4n) is 1.70. The predicted octanol–water partition coefficient (Wildman–Crippen LogP) is 2.83. The van der Waals surface area contributed by atoms with Crippen LogP contribution in [0.5, 0.6) is 5.75 Å². The SMILES string of the molecule is COC(=O)c1ccc(COc2cnn(C(C)C)c2)cc1. The van der Waals surface area contributed by atoms with Gasteiger partial charge in [-0.2, -0.15) is 5.10 Å². The molecule has 0 aliphatic rings. The van der Waals surface area contributed by atoms with Gasteiger partial charge in [-0.3, -0.25) is 4.68 Å². The van der Waals surface area contributed by atoms with Crippen LogP contribution in [0.3, 0.4) is 0 Å². The number of hydrogen-bond donors (Lipinski definition) is 0. The molecular formula is C15H18N2O3. The second-order valence-corrected chi connectivity index (χ2v) is 4.73. The molecule has 0 saturated carbocycles. The van der Waals surface area contributed by atoms with Crippen LogP contribution in [0.1, 0.15) is 35.8 Å². The Morgan fingerprint density at radius 2 is 2.00 bits per heavy atom. The predicted molar refractivity (Wildman–Crippen MR) is 74.7 cm³/mol. The van der Waals surface area contributed by atoms with E-state index in [1.807, 2.05) is 23.0 Å². The number of hydrogen-bond acceptors (Lipinski definition) is 4. The van der Waals surface area contributed by atoms with E-state index in [0.29, 0.717) is 18.2 Å². The lowest BCUT2D eigenvalue weighted by Gasteiger charge is -2.05. The molecule has 0 unspecified atom stereocenters. The summed E-state index contributed by atoms with van der Waals surface area (Å²) in [6.45, 7) is 4.55. The molecule has 1 aromatic carbocycles. The normalized spacial score (nSPS) is 10.6. The molecule has 2 aromatic rings. The third-order valence-corrected chi connectivity index (χ3v) is 2.89. The Balaban J connectivity index is 1.95. The van der Waals surface area contributed by atoms with Crippen molar-refractivity contribution in [2.45, 2.75) is 26.5 Å². The van der Waals surface area contributed by atoms with Crippen LogP contribution in [0.25, 0.3) is 0 Å². The van der Waals surface area contributed by atoms with Crippen molar-refractivity contribution in [1.29, 1.82) is 0 Å². The van der Waals surface area contributed by atoms with Gasteiger partial charge in [-0.15, -0.1) is 0 Å². The number of carbonyl (C=O) groups is 1. The van der Waals surface area contributed by atoms with Crippen LogP contribution in [0, 0.1) is 0 Å². The van der Waals surface area contributed by atoms with Gasteiger partial charge in [0, 0.05) is 6.04 Å². The van der Waals surface area contributed by atoms with Gasteiger partial charge in [-0.1, -0.05) is 12.1 Å². The van der Waals surface area contributed by atoms with E-state index < -0.39 is 0 Å². The Labute approximate surface area is 118 Å². The van der Waals surface area contributed by atoms with Crippen molar-refractivity contribution in [1.82, 2.24) is 9.78 Å². The van der Waals surface area contributed by atoms with E-state index in [4.69, 9.17) is 4.74 Å². The molecule has 1 heterocycles. The summed E-state index contributed by atoms with van der Waals surface area (Å²) in [7, 11) is 1.37. The quantitative estimate of drug-likeness (QED) is 0.787. The van der Waals surface area contributed by atoms with Crippen molar-refractivity contribution in [3.05, 3.63) is 47.8 Å². The fraction of sp³-hybridized carbons (Fsp3) is 0.333. The number of methoxy groups -OCH3 is 1. The summed E-state index contributed by atoms with van der Waals surface area (Å²) in [6.07, 6.45) is 3.57. The van der Waals surface area contributed by atoms with Crippen LogP contribution in [0.4, 0.5) is 0 Å². The average molecular weight is 274 g/mol. The van der Waals surface area contributed by atoms with E-state index in [1.54, 1.807) is 18.3 Å². The lowest BCUT2D eigenvalue weighted by atomic mass is 10.1. The van der Waals surface area contributed by atoms with Crippen molar-refractivity contribution < 1.29 is 14.3 Å². The molecule has 0 spiro atoms. The van der Waals surface area contributed by atoms with E-state index in [2.05, 4.69) is 23.7 Å². The molecule has 0 amide bonds. The van der Waals surface area contributed by atoms with Crippen LogP contribution < -0.4 is 4.74 Å². The van der Waals surface area contributed by atoms with Gasteiger partial charge in [0.05, 0.1) is 25.1 Å². The summed E-state index contributed by atoms with van der Waals surface area (Å²) in [5, 5.41) is 4.21. The Bertz CT molecular complexity index is 573. The van der Waals surface area contributed by atoms with Gasteiger partial charge in [0.2, 0.25) is 0 Å². The highest BCUT2D eigenvalue weighted by Crippen LogP contribution is 2.14. The molecule has 2 rings (SSSR count). The van der Waals surface area contributed by atoms with Crippen molar-refractivity contribution in [3.8, 4) is 5.75 Å². The largest absolute Gasteiger partial charge is 0.486 e. The summed E-state index contributed by atoms with van der Waals surface area (Å²) in [4.78, 5) is 11.3. The van der Waals surface area contributed by atoms with Gasteiger partial charge in [-0.25, -0.2) is 4.79 Å². The third-order valence-electron chi connectivity index (χ3n) is 2.89. The first-order valence-corrected chi connectivity index (χ1v) is 6.44. The number of ether oxygens (including phenoxy) is 2. The first-order valence-electron chi connectivity index (χ1n) is 6.44. The topological polar surface area (TPSA) is 53.4 Å². The highest BCUT2D eigenvalue weighted by atomic mass is 16.5. The fourth-order valence-corrected chi connectivity index (χ4v) is 1.70. The van der Waals surface area contributed by atoms with E-state index in [0.717, 1.165) is 11.3 Å². The van der Waals surface area contributed by atoms with Gasteiger partial charge < -0.3 is 9.47 Å². The minimum Gasteiger partial charge on any atom is -0.486 e. The summed E-state index contributed by atoms with van der Waals surface area (Å²) < 4.78 is 12.1. The summed E-state index contributed by atoms with van der Waals surface area (Å²) in [5.41, 5.74) is 1.51. The van der Waals surface area contributed by atoms with Gasteiger partial charge >= 0.3 is 5.97 Å². The van der Waals surface area contributed by atoms with Crippen molar-refractivity contribution in [2.75, 3.05) is 7.11 Å². The first-order chi connectivity index (χ1) is 9.60. The Morgan fingerprint density at radius 1 is 1.30 bits per heavy atom. The molecular weight excluding hydrogens is 256 g/mol. The lowest BCUT2D eigenvalue weighted by Crippen LogP contribution is -2.02. The van der Waals surface area contributed by atoms with Gasteiger partial charge in [0.25, 0.3) is 0 Å². The van der Waals surface area contributed by atoms with E-state index >= 15 is 0 Å². The van der Waals surface area contributed by atoms with E-state index in [-0.39, 0.29) is 5.97 Å². The number of nitrogens with zero attached hydrogens (tertiary/aromatic N) is 2. The second-order valence-electron chi connectivity index (χ2n) is 4.73. The molecule has 0 saturated heterocycles. The first kappa shape index (κ1) is 14.1. The molecule has 0 N–H and O–H groups in total. The Kier molecular flexibility index (Phi) is 4.40. The standard InChI is InChI=1S/C15H18N2O3/c1-11(2)17-9-14(8-16-17)20-10-12-4-6-13(7-5-12)15(18)19-3/h4-9,11H,10H2,1-3H3.